The SMILES string of the molecule is CCCCC(CC)Cc1ccc(N(C)C)cc1. The monoisotopic (exact) mass is 233 g/mol. The average Bonchev–Trinajstić information content (AvgIpc) is 2.35. The molecule has 1 aromatic rings. The third kappa shape index (κ3) is 4.80. The molecule has 0 saturated heterocycles. The summed E-state index contributed by atoms with van der Waals surface area (Å²) in [5, 5.41) is 0. The summed E-state index contributed by atoms with van der Waals surface area (Å²) in [4.78, 5) is 2.15. The van der Waals surface area contributed by atoms with Crippen LogP contribution in [0.3, 0.4) is 0 Å². The summed E-state index contributed by atoms with van der Waals surface area (Å²) in [5.41, 5.74) is 2.77. The molecule has 0 spiro atoms. The van der Waals surface area contributed by atoms with Gasteiger partial charge >= 0.3 is 0 Å². The third-order valence-electron chi connectivity index (χ3n) is 3.52. The predicted molar refractivity (Wildman–Crippen MR) is 77.8 cm³/mol. The van der Waals surface area contributed by atoms with Gasteiger partial charge in [-0.25, -0.2) is 0 Å². The summed E-state index contributed by atoms with van der Waals surface area (Å²) in [5.74, 6) is 0.861. The van der Waals surface area contributed by atoms with Gasteiger partial charge < -0.3 is 4.90 Å². The van der Waals surface area contributed by atoms with Crippen molar-refractivity contribution >= 4 is 5.69 Å². The molecule has 1 atom stereocenters. The number of unbranched alkanes of at least 4 members (excludes halogenated alkanes) is 1. The summed E-state index contributed by atoms with van der Waals surface area (Å²) >= 11 is 0. The Morgan fingerprint density at radius 3 is 2.18 bits per heavy atom. The minimum Gasteiger partial charge on any atom is -0.378 e. The molecule has 96 valence electrons. The third-order valence-corrected chi connectivity index (χ3v) is 3.52. The van der Waals surface area contributed by atoms with Crippen molar-refractivity contribution in [3.63, 3.8) is 0 Å². The zero-order valence-electron chi connectivity index (χ0n) is 11.9. The molecule has 0 aliphatic heterocycles. The second kappa shape index (κ2) is 7.37. The van der Waals surface area contributed by atoms with Gasteiger partial charge in [0.2, 0.25) is 0 Å². The number of hydrogen-bond acceptors (Lipinski definition) is 1. The normalized spacial score (nSPS) is 12.5. The molecule has 0 saturated carbocycles. The van der Waals surface area contributed by atoms with Crippen LogP contribution in [0.4, 0.5) is 5.69 Å². The summed E-state index contributed by atoms with van der Waals surface area (Å²) in [6, 6.07) is 9.01. The quantitative estimate of drug-likeness (QED) is 0.669. The van der Waals surface area contributed by atoms with Gasteiger partial charge in [0, 0.05) is 19.8 Å². The summed E-state index contributed by atoms with van der Waals surface area (Å²) < 4.78 is 0. The van der Waals surface area contributed by atoms with E-state index in [1.807, 2.05) is 0 Å². The van der Waals surface area contributed by atoms with E-state index in [0.717, 1.165) is 5.92 Å². The molecule has 1 rings (SSSR count). The first-order valence-electron chi connectivity index (χ1n) is 6.93. The maximum absolute atomic E-state index is 2.31. The topological polar surface area (TPSA) is 3.24 Å². The van der Waals surface area contributed by atoms with E-state index >= 15 is 0 Å². The van der Waals surface area contributed by atoms with E-state index < -0.39 is 0 Å². The molecule has 0 bridgehead atoms. The fourth-order valence-electron chi connectivity index (χ4n) is 2.21. The van der Waals surface area contributed by atoms with E-state index in [-0.39, 0.29) is 0 Å². The van der Waals surface area contributed by atoms with Crippen molar-refractivity contribution in [2.75, 3.05) is 19.0 Å². The second-order valence-corrected chi connectivity index (χ2v) is 5.18. The van der Waals surface area contributed by atoms with E-state index in [4.69, 9.17) is 0 Å². The molecule has 1 unspecified atom stereocenters. The highest BCUT2D eigenvalue weighted by atomic mass is 15.1. The van der Waals surface area contributed by atoms with Crippen molar-refractivity contribution < 1.29 is 0 Å². The van der Waals surface area contributed by atoms with Crippen molar-refractivity contribution in [1.82, 2.24) is 0 Å². The van der Waals surface area contributed by atoms with Crippen LogP contribution >= 0.6 is 0 Å². The molecule has 0 fully saturated rings. The molecule has 0 radical (unpaired) electrons. The molecule has 0 aliphatic rings. The molecule has 0 aliphatic carbocycles. The van der Waals surface area contributed by atoms with Crippen molar-refractivity contribution in [2.45, 2.75) is 46.0 Å². The first-order valence-corrected chi connectivity index (χ1v) is 6.93. The molecule has 0 aromatic heterocycles. The van der Waals surface area contributed by atoms with Gasteiger partial charge in [0.25, 0.3) is 0 Å². The van der Waals surface area contributed by atoms with Crippen molar-refractivity contribution in [1.29, 1.82) is 0 Å². The van der Waals surface area contributed by atoms with Crippen LogP contribution in [-0.4, -0.2) is 14.1 Å². The molecule has 1 nitrogen and oxygen atoms in total. The Bertz CT molecular complexity index is 300. The zero-order chi connectivity index (χ0) is 12.7. The van der Waals surface area contributed by atoms with E-state index in [1.54, 1.807) is 0 Å². The summed E-state index contributed by atoms with van der Waals surface area (Å²) in [6.45, 7) is 4.59. The van der Waals surface area contributed by atoms with Crippen LogP contribution < -0.4 is 4.90 Å². The Hall–Kier alpha value is -0.980. The molecule has 0 N–H and O–H groups in total. The van der Waals surface area contributed by atoms with Crippen LogP contribution in [0.1, 0.15) is 45.1 Å². The second-order valence-electron chi connectivity index (χ2n) is 5.18. The van der Waals surface area contributed by atoms with Gasteiger partial charge in [-0.05, 0) is 30.0 Å². The lowest BCUT2D eigenvalue weighted by Crippen LogP contribution is -2.08. The van der Waals surface area contributed by atoms with Gasteiger partial charge in [-0.15, -0.1) is 0 Å². The number of benzene rings is 1. The van der Waals surface area contributed by atoms with Crippen molar-refractivity contribution in [3.05, 3.63) is 29.8 Å². The van der Waals surface area contributed by atoms with Gasteiger partial charge in [-0.2, -0.15) is 0 Å². The molecule has 1 aromatic carbocycles. The Kier molecular flexibility index (Phi) is 6.10. The van der Waals surface area contributed by atoms with E-state index in [9.17, 15) is 0 Å². The van der Waals surface area contributed by atoms with Crippen LogP contribution in [-0.2, 0) is 6.42 Å². The minimum atomic E-state index is 0.861. The maximum Gasteiger partial charge on any atom is 0.0361 e. The summed E-state index contributed by atoms with van der Waals surface area (Å²) in [7, 11) is 4.18. The Balaban J connectivity index is 2.54. The van der Waals surface area contributed by atoms with Crippen LogP contribution in [0.5, 0.6) is 0 Å². The fourth-order valence-corrected chi connectivity index (χ4v) is 2.21. The highest BCUT2D eigenvalue weighted by molar-refractivity contribution is 5.46. The zero-order valence-corrected chi connectivity index (χ0v) is 11.9. The Morgan fingerprint density at radius 2 is 1.71 bits per heavy atom. The number of rotatable bonds is 7. The predicted octanol–water partition coefficient (Wildman–Crippen LogP) is 4.51. The van der Waals surface area contributed by atoms with E-state index in [0.29, 0.717) is 0 Å². The first kappa shape index (κ1) is 14.1. The summed E-state index contributed by atoms with van der Waals surface area (Å²) in [6.07, 6.45) is 6.60. The van der Waals surface area contributed by atoms with Gasteiger partial charge in [-0.3, -0.25) is 0 Å². The molecule has 17 heavy (non-hydrogen) atoms. The number of hydrogen-bond donors (Lipinski definition) is 0. The van der Waals surface area contributed by atoms with Gasteiger partial charge in [0.1, 0.15) is 0 Å². The fraction of sp³-hybridized carbons (Fsp3) is 0.625. The van der Waals surface area contributed by atoms with Crippen molar-refractivity contribution in [3.8, 4) is 0 Å². The number of nitrogens with zero attached hydrogens (tertiary/aromatic N) is 1. The van der Waals surface area contributed by atoms with E-state index in [1.165, 1.54) is 43.4 Å². The average molecular weight is 233 g/mol. The lowest BCUT2D eigenvalue weighted by molar-refractivity contribution is 0.449. The smallest absolute Gasteiger partial charge is 0.0361 e. The largest absolute Gasteiger partial charge is 0.378 e. The number of anilines is 1. The van der Waals surface area contributed by atoms with Gasteiger partial charge in [-0.1, -0.05) is 51.7 Å². The van der Waals surface area contributed by atoms with Crippen LogP contribution in [0, 0.1) is 5.92 Å². The Labute approximate surface area is 107 Å². The molecular weight excluding hydrogens is 206 g/mol. The highest BCUT2D eigenvalue weighted by Crippen LogP contribution is 2.20. The molecule has 0 heterocycles. The van der Waals surface area contributed by atoms with Gasteiger partial charge in [0.05, 0.1) is 0 Å². The highest BCUT2D eigenvalue weighted by Gasteiger charge is 2.07. The lowest BCUT2D eigenvalue weighted by atomic mass is 9.92. The molecule has 0 amide bonds. The standard InChI is InChI=1S/C16H27N/c1-5-7-8-14(6-2)13-15-9-11-16(12-10-15)17(3)4/h9-12,14H,5-8,13H2,1-4H3. The maximum atomic E-state index is 2.31. The van der Waals surface area contributed by atoms with Crippen molar-refractivity contribution in [2.24, 2.45) is 5.92 Å². The molecular formula is C16H27N. The van der Waals surface area contributed by atoms with Gasteiger partial charge in [0.15, 0.2) is 0 Å². The first-order chi connectivity index (χ1) is 8.17. The Morgan fingerprint density at radius 1 is 1.06 bits per heavy atom. The van der Waals surface area contributed by atoms with E-state index in [2.05, 4.69) is 57.1 Å². The molecule has 1 heteroatoms. The lowest BCUT2D eigenvalue weighted by Gasteiger charge is -2.16. The van der Waals surface area contributed by atoms with Crippen LogP contribution in [0.2, 0.25) is 0 Å². The minimum absolute atomic E-state index is 0.861. The van der Waals surface area contributed by atoms with Crippen LogP contribution in [0.15, 0.2) is 24.3 Å². The van der Waals surface area contributed by atoms with Crippen LogP contribution in [0.25, 0.3) is 0 Å².